The zero-order chi connectivity index (χ0) is 13.9. The molecule has 100 valence electrons. The lowest BCUT2D eigenvalue weighted by Crippen LogP contribution is -2.14. The van der Waals surface area contributed by atoms with Crippen LogP contribution in [0.4, 0.5) is 5.69 Å². The van der Waals surface area contributed by atoms with Gasteiger partial charge >= 0.3 is 5.97 Å². The van der Waals surface area contributed by atoms with Gasteiger partial charge in [-0.25, -0.2) is 13.2 Å². The van der Waals surface area contributed by atoms with E-state index in [1.165, 1.54) is 29.5 Å². The molecule has 1 aromatic heterocycles. The van der Waals surface area contributed by atoms with Crippen molar-refractivity contribution in [3.05, 3.63) is 52.2 Å². The summed E-state index contributed by atoms with van der Waals surface area (Å²) < 4.78 is 26.2. The van der Waals surface area contributed by atoms with Crippen molar-refractivity contribution in [1.29, 1.82) is 0 Å². The first kappa shape index (κ1) is 13.6. The van der Waals surface area contributed by atoms with Gasteiger partial charge in [0.05, 0.1) is 17.0 Å². The van der Waals surface area contributed by atoms with Crippen molar-refractivity contribution in [1.82, 2.24) is 0 Å². The SMILES string of the molecule is O=C(O)c1cccc(CS(=O)(=O)Nc2ccsc2)c1. The van der Waals surface area contributed by atoms with Gasteiger partial charge in [-0.15, -0.1) is 0 Å². The van der Waals surface area contributed by atoms with Crippen LogP contribution < -0.4 is 4.72 Å². The van der Waals surface area contributed by atoms with Gasteiger partial charge in [0.2, 0.25) is 10.0 Å². The predicted octanol–water partition coefficient (Wildman–Crippen LogP) is 2.39. The van der Waals surface area contributed by atoms with Crippen LogP contribution in [0.5, 0.6) is 0 Å². The maximum atomic E-state index is 11.9. The number of rotatable bonds is 5. The van der Waals surface area contributed by atoms with Crippen molar-refractivity contribution < 1.29 is 18.3 Å². The van der Waals surface area contributed by atoms with Crippen molar-refractivity contribution in [2.45, 2.75) is 5.75 Å². The Morgan fingerprint density at radius 1 is 1.32 bits per heavy atom. The summed E-state index contributed by atoms with van der Waals surface area (Å²) in [6.45, 7) is 0. The summed E-state index contributed by atoms with van der Waals surface area (Å²) in [7, 11) is -3.54. The molecule has 0 saturated heterocycles. The molecule has 0 aliphatic rings. The normalized spacial score (nSPS) is 11.2. The Hall–Kier alpha value is -1.86. The fourth-order valence-corrected chi connectivity index (χ4v) is 3.39. The Labute approximate surface area is 114 Å². The number of carboxylic acids is 1. The van der Waals surface area contributed by atoms with Crippen molar-refractivity contribution in [3.8, 4) is 0 Å². The standard InChI is InChI=1S/C12H11NO4S2/c14-12(15)10-3-1-2-9(6-10)8-19(16,17)13-11-4-5-18-7-11/h1-7,13H,8H2,(H,14,15). The van der Waals surface area contributed by atoms with E-state index in [4.69, 9.17) is 5.11 Å². The van der Waals surface area contributed by atoms with Crippen LogP contribution in [-0.2, 0) is 15.8 Å². The molecule has 5 nitrogen and oxygen atoms in total. The topological polar surface area (TPSA) is 83.5 Å². The molecule has 7 heteroatoms. The molecule has 0 radical (unpaired) electrons. The molecular formula is C12H11NO4S2. The smallest absolute Gasteiger partial charge is 0.335 e. The fraction of sp³-hybridized carbons (Fsp3) is 0.0833. The first-order valence-corrected chi connectivity index (χ1v) is 7.91. The van der Waals surface area contributed by atoms with Gasteiger partial charge in [0, 0.05) is 5.38 Å². The van der Waals surface area contributed by atoms with Gasteiger partial charge in [-0.2, -0.15) is 11.3 Å². The van der Waals surface area contributed by atoms with Gasteiger partial charge in [-0.05, 0) is 29.1 Å². The Kier molecular flexibility index (Phi) is 3.87. The lowest BCUT2D eigenvalue weighted by Gasteiger charge is -2.06. The molecule has 0 atom stereocenters. The van der Waals surface area contributed by atoms with Crippen LogP contribution in [0, 0.1) is 0 Å². The molecule has 0 amide bonds. The average Bonchev–Trinajstić information content (AvgIpc) is 2.80. The highest BCUT2D eigenvalue weighted by molar-refractivity contribution is 7.91. The zero-order valence-electron chi connectivity index (χ0n) is 9.74. The third-order valence-electron chi connectivity index (χ3n) is 2.33. The minimum Gasteiger partial charge on any atom is -0.478 e. The largest absolute Gasteiger partial charge is 0.478 e. The molecule has 2 N–H and O–H groups in total. The number of benzene rings is 1. The molecule has 2 aromatic rings. The lowest BCUT2D eigenvalue weighted by atomic mass is 10.1. The molecule has 1 aromatic carbocycles. The number of sulfonamides is 1. The molecule has 0 aliphatic heterocycles. The number of thiophene rings is 1. The molecule has 0 unspecified atom stereocenters. The third kappa shape index (κ3) is 3.80. The molecule has 0 saturated carbocycles. The van der Waals surface area contributed by atoms with Gasteiger partial charge < -0.3 is 5.11 Å². The van der Waals surface area contributed by atoms with Gasteiger partial charge in [-0.1, -0.05) is 12.1 Å². The molecule has 0 bridgehead atoms. The van der Waals surface area contributed by atoms with Crippen LogP contribution >= 0.6 is 11.3 Å². The summed E-state index contributed by atoms with van der Waals surface area (Å²) in [4.78, 5) is 10.8. The maximum Gasteiger partial charge on any atom is 0.335 e. The number of hydrogen-bond donors (Lipinski definition) is 2. The van der Waals surface area contributed by atoms with Crippen molar-refractivity contribution >= 4 is 33.0 Å². The lowest BCUT2D eigenvalue weighted by molar-refractivity contribution is 0.0696. The highest BCUT2D eigenvalue weighted by Gasteiger charge is 2.13. The summed E-state index contributed by atoms with van der Waals surface area (Å²) in [6.07, 6.45) is 0. The van der Waals surface area contributed by atoms with Crippen LogP contribution in [0.1, 0.15) is 15.9 Å². The Morgan fingerprint density at radius 2 is 2.11 bits per heavy atom. The molecular weight excluding hydrogens is 286 g/mol. The van der Waals surface area contributed by atoms with Crippen LogP contribution in [0.15, 0.2) is 41.1 Å². The van der Waals surface area contributed by atoms with E-state index in [1.54, 1.807) is 22.9 Å². The molecule has 0 aliphatic carbocycles. The van der Waals surface area contributed by atoms with Gasteiger partial charge in [0.1, 0.15) is 0 Å². The third-order valence-corrected chi connectivity index (χ3v) is 4.27. The van der Waals surface area contributed by atoms with Crippen molar-refractivity contribution in [2.75, 3.05) is 4.72 Å². The van der Waals surface area contributed by atoms with E-state index in [1.807, 2.05) is 0 Å². The van der Waals surface area contributed by atoms with Crippen LogP contribution in [0.25, 0.3) is 0 Å². The van der Waals surface area contributed by atoms with Crippen LogP contribution in [0.2, 0.25) is 0 Å². The summed E-state index contributed by atoms with van der Waals surface area (Å²) in [5, 5.41) is 12.3. The minimum atomic E-state index is -3.54. The monoisotopic (exact) mass is 297 g/mol. The fourth-order valence-electron chi connectivity index (χ4n) is 1.55. The maximum absolute atomic E-state index is 11.9. The summed E-state index contributed by atoms with van der Waals surface area (Å²) >= 11 is 1.39. The van der Waals surface area contributed by atoms with Gasteiger partial charge in [0.15, 0.2) is 0 Å². The molecule has 0 fully saturated rings. The zero-order valence-corrected chi connectivity index (χ0v) is 11.4. The highest BCUT2D eigenvalue weighted by atomic mass is 32.2. The van der Waals surface area contributed by atoms with E-state index in [0.29, 0.717) is 11.3 Å². The van der Waals surface area contributed by atoms with Crippen molar-refractivity contribution in [3.63, 3.8) is 0 Å². The van der Waals surface area contributed by atoms with Crippen molar-refractivity contribution in [2.24, 2.45) is 0 Å². The second-order valence-electron chi connectivity index (χ2n) is 3.88. The number of carboxylic acid groups (broad SMARTS) is 1. The number of nitrogens with one attached hydrogen (secondary N) is 1. The highest BCUT2D eigenvalue weighted by Crippen LogP contribution is 2.16. The summed E-state index contributed by atoms with van der Waals surface area (Å²) in [5.41, 5.74) is 1.02. The van der Waals surface area contributed by atoms with Gasteiger partial charge in [-0.3, -0.25) is 4.72 Å². The molecule has 2 rings (SSSR count). The Bertz CT molecular complexity index is 678. The van der Waals surface area contributed by atoms with E-state index in [0.717, 1.165) is 0 Å². The molecule has 0 spiro atoms. The second kappa shape index (κ2) is 5.41. The van der Waals surface area contributed by atoms with E-state index in [-0.39, 0.29) is 11.3 Å². The quantitative estimate of drug-likeness (QED) is 0.887. The Morgan fingerprint density at radius 3 is 2.74 bits per heavy atom. The van der Waals surface area contributed by atoms with Gasteiger partial charge in [0.25, 0.3) is 0 Å². The van der Waals surface area contributed by atoms with E-state index < -0.39 is 16.0 Å². The van der Waals surface area contributed by atoms with E-state index >= 15 is 0 Å². The predicted molar refractivity (Wildman–Crippen MR) is 74.0 cm³/mol. The number of carbonyl (C=O) groups is 1. The second-order valence-corrected chi connectivity index (χ2v) is 6.38. The molecule has 19 heavy (non-hydrogen) atoms. The number of anilines is 1. The number of aromatic carboxylic acids is 1. The molecule has 1 heterocycles. The van der Waals surface area contributed by atoms with E-state index in [2.05, 4.69) is 4.72 Å². The Balaban J connectivity index is 2.16. The van der Waals surface area contributed by atoms with Crippen LogP contribution in [0.3, 0.4) is 0 Å². The first-order chi connectivity index (χ1) is 8.96. The van der Waals surface area contributed by atoms with Crippen LogP contribution in [-0.4, -0.2) is 19.5 Å². The summed E-state index contributed by atoms with van der Waals surface area (Å²) in [6, 6.07) is 7.55. The number of hydrogen-bond acceptors (Lipinski definition) is 4. The average molecular weight is 297 g/mol. The summed E-state index contributed by atoms with van der Waals surface area (Å²) in [5.74, 6) is -1.34. The first-order valence-electron chi connectivity index (χ1n) is 5.31. The van der Waals surface area contributed by atoms with E-state index in [9.17, 15) is 13.2 Å². The minimum absolute atomic E-state index is 0.0724.